The van der Waals surface area contributed by atoms with E-state index < -0.39 is 21.7 Å². The number of amides is 1. The van der Waals surface area contributed by atoms with E-state index in [-0.39, 0.29) is 37.0 Å². The molecule has 1 aliphatic heterocycles. The van der Waals surface area contributed by atoms with Crippen molar-refractivity contribution >= 4 is 15.9 Å². The van der Waals surface area contributed by atoms with Crippen molar-refractivity contribution in [3.63, 3.8) is 0 Å². The third-order valence-electron chi connectivity index (χ3n) is 4.05. The molecular weight excluding hydrogens is 350 g/mol. The molecule has 2 aromatic rings. The van der Waals surface area contributed by atoms with E-state index in [1.807, 2.05) is 0 Å². The van der Waals surface area contributed by atoms with Crippen LogP contribution in [0.1, 0.15) is 10.4 Å². The number of nitrogens with zero attached hydrogens (tertiary/aromatic N) is 2. The minimum atomic E-state index is -3.80. The van der Waals surface area contributed by atoms with Crippen molar-refractivity contribution in [2.75, 3.05) is 26.2 Å². The van der Waals surface area contributed by atoms with Crippen LogP contribution in [0, 0.1) is 11.6 Å². The van der Waals surface area contributed by atoms with Gasteiger partial charge in [0.25, 0.3) is 5.91 Å². The summed E-state index contributed by atoms with van der Waals surface area (Å²) in [5.74, 6) is -1.32. The molecule has 1 amide bonds. The van der Waals surface area contributed by atoms with E-state index in [1.165, 1.54) is 51.7 Å². The van der Waals surface area contributed by atoms with Crippen LogP contribution in [0.4, 0.5) is 8.78 Å². The topological polar surface area (TPSA) is 57.7 Å². The highest BCUT2D eigenvalue weighted by molar-refractivity contribution is 7.89. The largest absolute Gasteiger partial charge is 0.336 e. The van der Waals surface area contributed by atoms with Gasteiger partial charge in [-0.05, 0) is 42.5 Å². The molecule has 0 aliphatic carbocycles. The highest BCUT2D eigenvalue weighted by Gasteiger charge is 2.30. The zero-order valence-electron chi connectivity index (χ0n) is 13.2. The molecule has 1 heterocycles. The number of piperazine rings is 1. The van der Waals surface area contributed by atoms with Crippen LogP contribution in [0.3, 0.4) is 0 Å². The van der Waals surface area contributed by atoms with Crippen LogP contribution >= 0.6 is 0 Å². The average Bonchev–Trinajstić information content (AvgIpc) is 2.62. The second kappa shape index (κ2) is 6.89. The Morgan fingerprint density at radius 1 is 0.880 bits per heavy atom. The van der Waals surface area contributed by atoms with Crippen molar-refractivity contribution in [2.24, 2.45) is 0 Å². The molecule has 132 valence electrons. The number of carbonyl (C=O) groups is 1. The summed E-state index contributed by atoms with van der Waals surface area (Å²) in [6.07, 6.45) is 0. The number of benzene rings is 2. The van der Waals surface area contributed by atoms with Crippen LogP contribution in [0.5, 0.6) is 0 Å². The quantitative estimate of drug-likeness (QED) is 0.836. The molecule has 0 N–H and O–H groups in total. The van der Waals surface area contributed by atoms with Crippen LogP contribution in [0.2, 0.25) is 0 Å². The fraction of sp³-hybridized carbons (Fsp3) is 0.235. The number of hydrogen-bond donors (Lipinski definition) is 0. The lowest BCUT2D eigenvalue weighted by atomic mass is 10.2. The molecule has 1 aliphatic rings. The van der Waals surface area contributed by atoms with Crippen molar-refractivity contribution in [3.05, 3.63) is 65.7 Å². The van der Waals surface area contributed by atoms with Gasteiger partial charge in [-0.15, -0.1) is 0 Å². The zero-order chi connectivity index (χ0) is 18.0. The molecule has 8 heteroatoms. The smallest absolute Gasteiger partial charge is 0.253 e. The van der Waals surface area contributed by atoms with Crippen LogP contribution < -0.4 is 0 Å². The first-order chi connectivity index (χ1) is 11.9. The SMILES string of the molecule is O=C(c1ccc(F)cc1)N1CCN(S(=O)(=O)c2cccc(F)c2)CC1. The molecule has 5 nitrogen and oxygen atoms in total. The first-order valence-corrected chi connectivity index (χ1v) is 9.12. The minimum absolute atomic E-state index is 0.106. The molecule has 0 spiro atoms. The summed E-state index contributed by atoms with van der Waals surface area (Å²) in [5, 5.41) is 0. The molecule has 1 fully saturated rings. The summed E-state index contributed by atoms with van der Waals surface area (Å²) in [7, 11) is -3.80. The molecule has 0 unspecified atom stereocenters. The molecular formula is C17H16F2N2O3S. The van der Waals surface area contributed by atoms with E-state index in [4.69, 9.17) is 0 Å². The van der Waals surface area contributed by atoms with E-state index in [2.05, 4.69) is 0 Å². The van der Waals surface area contributed by atoms with Crippen LogP contribution in [-0.4, -0.2) is 49.7 Å². The van der Waals surface area contributed by atoms with Gasteiger partial charge < -0.3 is 4.90 Å². The summed E-state index contributed by atoms with van der Waals surface area (Å²) in [4.78, 5) is 13.8. The minimum Gasteiger partial charge on any atom is -0.336 e. The standard InChI is InChI=1S/C17H16F2N2O3S/c18-14-6-4-13(5-7-14)17(22)20-8-10-21(11-9-20)25(23,24)16-3-1-2-15(19)12-16/h1-7,12H,8-11H2. The highest BCUT2D eigenvalue weighted by Crippen LogP contribution is 2.19. The first kappa shape index (κ1) is 17.5. The monoisotopic (exact) mass is 366 g/mol. The third kappa shape index (κ3) is 3.69. The molecule has 0 saturated carbocycles. The van der Waals surface area contributed by atoms with Gasteiger partial charge in [0.2, 0.25) is 10.0 Å². The number of hydrogen-bond acceptors (Lipinski definition) is 3. The Hall–Kier alpha value is -2.32. The Morgan fingerprint density at radius 2 is 1.52 bits per heavy atom. The predicted octanol–water partition coefficient (Wildman–Crippen LogP) is 2.11. The zero-order valence-corrected chi connectivity index (χ0v) is 14.0. The van der Waals surface area contributed by atoms with Crippen LogP contribution in [0.15, 0.2) is 53.4 Å². The van der Waals surface area contributed by atoms with Crippen LogP contribution in [0.25, 0.3) is 0 Å². The van der Waals surface area contributed by atoms with Gasteiger partial charge in [-0.1, -0.05) is 6.07 Å². The van der Waals surface area contributed by atoms with Gasteiger partial charge in [0, 0.05) is 31.7 Å². The lowest BCUT2D eigenvalue weighted by Crippen LogP contribution is -2.50. The number of halogens is 2. The number of rotatable bonds is 3. The fourth-order valence-corrected chi connectivity index (χ4v) is 4.14. The number of carbonyl (C=O) groups excluding carboxylic acids is 1. The lowest BCUT2D eigenvalue weighted by molar-refractivity contribution is 0.0698. The first-order valence-electron chi connectivity index (χ1n) is 7.68. The maximum atomic E-state index is 13.3. The van der Waals surface area contributed by atoms with Crippen molar-refractivity contribution in [3.8, 4) is 0 Å². The summed E-state index contributed by atoms with van der Waals surface area (Å²) >= 11 is 0. The van der Waals surface area contributed by atoms with Gasteiger partial charge >= 0.3 is 0 Å². The van der Waals surface area contributed by atoms with Crippen molar-refractivity contribution in [2.45, 2.75) is 4.90 Å². The maximum absolute atomic E-state index is 13.3. The van der Waals surface area contributed by atoms with E-state index in [1.54, 1.807) is 0 Å². The highest BCUT2D eigenvalue weighted by atomic mass is 32.2. The molecule has 0 aromatic heterocycles. The van der Waals surface area contributed by atoms with Crippen molar-refractivity contribution in [1.82, 2.24) is 9.21 Å². The molecule has 2 aromatic carbocycles. The van der Waals surface area contributed by atoms with Gasteiger partial charge in [-0.25, -0.2) is 17.2 Å². The van der Waals surface area contributed by atoms with Gasteiger partial charge in [0.05, 0.1) is 4.90 Å². The fourth-order valence-electron chi connectivity index (χ4n) is 2.68. The Bertz CT molecular complexity index is 877. The van der Waals surface area contributed by atoms with Gasteiger partial charge in [0.1, 0.15) is 11.6 Å². The van der Waals surface area contributed by atoms with Gasteiger partial charge in [-0.2, -0.15) is 4.31 Å². The molecule has 0 atom stereocenters. The van der Waals surface area contributed by atoms with Crippen molar-refractivity contribution < 1.29 is 22.0 Å². The lowest BCUT2D eigenvalue weighted by Gasteiger charge is -2.34. The Kier molecular flexibility index (Phi) is 4.82. The summed E-state index contributed by atoms with van der Waals surface area (Å²) in [5.41, 5.74) is 0.350. The van der Waals surface area contributed by atoms with E-state index >= 15 is 0 Å². The van der Waals surface area contributed by atoms with Crippen LogP contribution in [-0.2, 0) is 10.0 Å². The average molecular weight is 366 g/mol. The summed E-state index contributed by atoms with van der Waals surface area (Å²) in [6, 6.07) is 10.0. The molecule has 1 saturated heterocycles. The van der Waals surface area contributed by atoms with Crippen molar-refractivity contribution in [1.29, 1.82) is 0 Å². The Labute approximate surface area is 144 Å². The third-order valence-corrected chi connectivity index (χ3v) is 5.95. The summed E-state index contributed by atoms with van der Waals surface area (Å²) in [6.45, 7) is 0.660. The Balaban J connectivity index is 1.69. The number of sulfonamides is 1. The van der Waals surface area contributed by atoms with E-state index in [0.717, 1.165) is 6.07 Å². The molecule has 3 rings (SSSR count). The van der Waals surface area contributed by atoms with E-state index in [9.17, 15) is 22.0 Å². The van der Waals surface area contributed by atoms with Gasteiger partial charge in [0.15, 0.2) is 0 Å². The molecule has 0 bridgehead atoms. The summed E-state index contributed by atoms with van der Waals surface area (Å²) < 4.78 is 52.5. The second-order valence-corrected chi connectivity index (χ2v) is 7.60. The maximum Gasteiger partial charge on any atom is 0.253 e. The van der Waals surface area contributed by atoms with E-state index in [0.29, 0.717) is 5.56 Å². The second-order valence-electron chi connectivity index (χ2n) is 5.66. The van der Waals surface area contributed by atoms with Gasteiger partial charge in [-0.3, -0.25) is 4.79 Å². The molecule has 25 heavy (non-hydrogen) atoms. The predicted molar refractivity (Wildman–Crippen MR) is 87.5 cm³/mol. The Morgan fingerprint density at radius 3 is 2.12 bits per heavy atom. The molecule has 0 radical (unpaired) electrons. The normalized spacial score (nSPS) is 16.0.